The predicted molar refractivity (Wildman–Crippen MR) is 95.6 cm³/mol. The molecule has 1 saturated heterocycles. The Kier molecular flexibility index (Phi) is 5.00. The summed E-state index contributed by atoms with van der Waals surface area (Å²) in [6.45, 7) is 5.51. The van der Waals surface area contributed by atoms with Crippen molar-refractivity contribution < 1.29 is 4.39 Å². The normalized spacial score (nSPS) is 18.1. The summed E-state index contributed by atoms with van der Waals surface area (Å²) < 4.78 is 14.7. The first-order valence-electron chi connectivity index (χ1n) is 8.66. The van der Waals surface area contributed by atoms with Crippen LogP contribution >= 0.6 is 0 Å². The van der Waals surface area contributed by atoms with Crippen molar-refractivity contribution in [2.45, 2.75) is 45.7 Å². The smallest absolute Gasteiger partial charge is 0.266 e. The lowest BCUT2D eigenvalue weighted by Gasteiger charge is -2.33. The molecule has 1 aliphatic rings. The molecule has 0 aliphatic carbocycles. The minimum Gasteiger partial charge on any atom is -0.325 e. The lowest BCUT2D eigenvalue weighted by atomic mass is 9.98. The quantitative estimate of drug-likeness (QED) is 0.927. The lowest BCUT2D eigenvalue weighted by molar-refractivity contribution is 0.151. The van der Waals surface area contributed by atoms with E-state index in [0.717, 1.165) is 19.4 Å². The van der Waals surface area contributed by atoms with E-state index < -0.39 is 5.56 Å². The summed E-state index contributed by atoms with van der Waals surface area (Å²) in [6.07, 6.45) is 3.54. The molecule has 4 nitrogen and oxygen atoms in total. The molecule has 2 aromatic rings. The van der Waals surface area contributed by atoms with Gasteiger partial charge in [-0.25, -0.2) is 4.39 Å². The molecule has 0 spiro atoms. The van der Waals surface area contributed by atoms with Gasteiger partial charge in [0.1, 0.15) is 17.4 Å². The number of piperidine rings is 1. The number of rotatable bonds is 3. The Balaban J connectivity index is 1.93. The molecule has 1 unspecified atom stereocenters. The molecule has 1 fully saturated rings. The molecular formula is C20H22FN3O. The van der Waals surface area contributed by atoms with Crippen molar-refractivity contribution in [2.24, 2.45) is 0 Å². The number of pyridine rings is 1. The average Bonchev–Trinajstić information content (AvgIpc) is 2.58. The Bertz CT molecular complexity index is 881. The second-order valence-electron chi connectivity index (χ2n) is 6.80. The minimum atomic E-state index is -0.441. The summed E-state index contributed by atoms with van der Waals surface area (Å²) in [7, 11) is 0. The van der Waals surface area contributed by atoms with E-state index in [-0.39, 0.29) is 11.4 Å². The molecule has 0 bridgehead atoms. The van der Waals surface area contributed by atoms with Gasteiger partial charge in [-0.2, -0.15) is 5.26 Å². The van der Waals surface area contributed by atoms with Crippen LogP contribution in [0, 0.1) is 24.1 Å². The van der Waals surface area contributed by atoms with Gasteiger partial charge in [0.2, 0.25) is 0 Å². The molecule has 5 heteroatoms. The molecule has 2 heterocycles. The average molecular weight is 339 g/mol. The van der Waals surface area contributed by atoms with Crippen LogP contribution in [-0.4, -0.2) is 22.5 Å². The first kappa shape index (κ1) is 17.4. The molecular weight excluding hydrogens is 317 g/mol. The van der Waals surface area contributed by atoms with E-state index in [1.165, 1.54) is 12.5 Å². The Morgan fingerprint density at radius 3 is 2.84 bits per heavy atom. The summed E-state index contributed by atoms with van der Waals surface area (Å²) in [5.41, 5.74) is 1.90. The molecule has 1 atom stereocenters. The number of aryl methyl sites for hydroxylation is 1. The van der Waals surface area contributed by atoms with Gasteiger partial charge in [-0.3, -0.25) is 9.69 Å². The maximum absolute atomic E-state index is 14.7. The van der Waals surface area contributed by atoms with Crippen molar-refractivity contribution in [3.63, 3.8) is 0 Å². The summed E-state index contributed by atoms with van der Waals surface area (Å²) in [5.74, 6) is -0.294. The van der Waals surface area contributed by atoms with Crippen LogP contribution in [0.1, 0.15) is 43.0 Å². The van der Waals surface area contributed by atoms with Crippen molar-refractivity contribution in [3.05, 3.63) is 57.3 Å². The highest BCUT2D eigenvalue weighted by Crippen LogP contribution is 2.26. The van der Waals surface area contributed by atoms with Crippen LogP contribution in [0.15, 0.2) is 29.1 Å². The van der Waals surface area contributed by atoms with Gasteiger partial charge in [0.25, 0.3) is 5.56 Å². The Hall–Kier alpha value is -2.45. The molecule has 1 N–H and O–H groups in total. The Morgan fingerprint density at radius 1 is 1.36 bits per heavy atom. The fourth-order valence-electron chi connectivity index (χ4n) is 3.48. The lowest BCUT2D eigenvalue weighted by Crippen LogP contribution is -2.36. The van der Waals surface area contributed by atoms with E-state index in [1.807, 2.05) is 6.07 Å². The monoisotopic (exact) mass is 339 g/mol. The highest BCUT2D eigenvalue weighted by Gasteiger charge is 2.20. The number of aromatic amines is 1. The molecule has 130 valence electrons. The number of likely N-dealkylation sites (tertiary alicyclic amines) is 1. The van der Waals surface area contributed by atoms with E-state index in [4.69, 9.17) is 0 Å². The fourth-order valence-corrected chi connectivity index (χ4v) is 3.48. The van der Waals surface area contributed by atoms with Gasteiger partial charge in [0.05, 0.1) is 0 Å². The van der Waals surface area contributed by atoms with E-state index in [1.54, 1.807) is 25.1 Å². The van der Waals surface area contributed by atoms with Crippen LogP contribution in [0.3, 0.4) is 0 Å². The Labute approximate surface area is 146 Å². The maximum Gasteiger partial charge on any atom is 0.266 e. The largest absolute Gasteiger partial charge is 0.325 e. The fraction of sp³-hybridized carbons (Fsp3) is 0.400. The Morgan fingerprint density at radius 2 is 2.16 bits per heavy atom. The molecule has 0 radical (unpaired) electrons. The van der Waals surface area contributed by atoms with Crippen molar-refractivity contribution in [1.29, 1.82) is 5.26 Å². The van der Waals surface area contributed by atoms with Crippen LogP contribution in [0.25, 0.3) is 11.1 Å². The predicted octanol–water partition coefficient (Wildman–Crippen LogP) is 3.74. The summed E-state index contributed by atoms with van der Waals surface area (Å²) in [4.78, 5) is 16.8. The third-order valence-corrected chi connectivity index (χ3v) is 4.96. The zero-order valence-corrected chi connectivity index (χ0v) is 14.6. The van der Waals surface area contributed by atoms with Crippen molar-refractivity contribution in [1.82, 2.24) is 9.88 Å². The minimum absolute atomic E-state index is 0.0161. The third-order valence-electron chi connectivity index (χ3n) is 4.96. The summed E-state index contributed by atoms with van der Waals surface area (Å²) >= 11 is 0. The van der Waals surface area contributed by atoms with Crippen molar-refractivity contribution >= 4 is 0 Å². The second kappa shape index (κ2) is 7.20. The van der Waals surface area contributed by atoms with Gasteiger partial charge in [-0.05, 0) is 50.9 Å². The number of halogens is 1. The SMILES string of the molecule is Cc1cc(-c2ccc(CN3CCCCC3C)c(F)c2)c(C#N)c(=O)[nH]1. The van der Waals surface area contributed by atoms with Crippen LogP contribution in [-0.2, 0) is 6.54 Å². The van der Waals surface area contributed by atoms with Crippen LogP contribution in [0.4, 0.5) is 4.39 Å². The number of nitrogens with zero attached hydrogens (tertiary/aromatic N) is 2. The van der Waals surface area contributed by atoms with Gasteiger partial charge in [0, 0.05) is 29.4 Å². The van der Waals surface area contributed by atoms with E-state index in [2.05, 4.69) is 16.8 Å². The number of aromatic nitrogens is 1. The van der Waals surface area contributed by atoms with Gasteiger partial charge >= 0.3 is 0 Å². The molecule has 25 heavy (non-hydrogen) atoms. The number of H-pyrrole nitrogens is 1. The second-order valence-corrected chi connectivity index (χ2v) is 6.80. The van der Waals surface area contributed by atoms with Crippen LogP contribution in [0.2, 0.25) is 0 Å². The molecule has 0 saturated carbocycles. The van der Waals surface area contributed by atoms with Crippen molar-refractivity contribution in [3.8, 4) is 17.2 Å². The standard InChI is InChI=1S/C20H22FN3O/c1-13-9-17(18(11-22)20(25)23-13)15-6-7-16(19(21)10-15)12-24-8-4-3-5-14(24)2/h6-7,9-10,14H,3-5,8,12H2,1-2H3,(H,23,25). The van der Waals surface area contributed by atoms with E-state index >= 15 is 0 Å². The zero-order valence-electron chi connectivity index (χ0n) is 14.6. The molecule has 1 aliphatic heterocycles. The van der Waals surface area contributed by atoms with Gasteiger partial charge in [0.15, 0.2) is 0 Å². The van der Waals surface area contributed by atoms with E-state index in [0.29, 0.717) is 35.0 Å². The highest BCUT2D eigenvalue weighted by molar-refractivity contribution is 5.70. The number of benzene rings is 1. The van der Waals surface area contributed by atoms with Crippen LogP contribution in [0.5, 0.6) is 0 Å². The van der Waals surface area contributed by atoms with Gasteiger partial charge in [-0.1, -0.05) is 18.6 Å². The van der Waals surface area contributed by atoms with Crippen molar-refractivity contribution in [2.75, 3.05) is 6.54 Å². The van der Waals surface area contributed by atoms with E-state index in [9.17, 15) is 14.4 Å². The van der Waals surface area contributed by atoms with Gasteiger partial charge in [-0.15, -0.1) is 0 Å². The molecule has 1 aromatic carbocycles. The summed E-state index contributed by atoms with van der Waals surface area (Å²) in [5, 5.41) is 9.25. The number of nitriles is 1. The first-order valence-corrected chi connectivity index (χ1v) is 8.66. The zero-order chi connectivity index (χ0) is 18.0. The first-order chi connectivity index (χ1) is 12.0. The maximum atomic E-state index is 14.7. The molecule has 0 amide bonds. The number of hydrogen-bond acceptors (Lipinski definition) is 3. The number of hydrogen-bond donors (Lipinski definition) is 1. The summed E-state index contributed by atoms with van der Waals surface area (Å²) in [6, 6.07) is 9.09. The molecule has 1 aromatic heterocycles. The number of nitrogens with one attached hydrogen (secondary N) is 1. The third kappa shape index (κ3) is 3.64. The topological polar surface area (TPSA) is 59.9 Å². The van der Waals surface area contributed by atoms with Gasteiger partial charge < -0.3 is 4.98 Å². The van der Waals surface area contributed by atoms with Crippen LogP contribution < -0.4 is 5.56 Å². The molecule has 3 rings (SSSR count). The highest BCUT2D eigenvalue weighted by atomic mass is 19.1.